The Bertz CT molecular complexity index is 655. The van der Waals surface area contributed by atoms with Gasteiger partial charge in [-0.1, -0.05) is 0 Å². The van der Waals surface area contributed by atoms with E-state index >= 15 is 0 Å². The molecule has 2 aliphatic heterocycles. The number of guanidine groups is 1. The topological polar surface area (TPSA) is 120 Å². The van der Waals surface area contributed by atoms with Gasteiger partial charge < -0.3 is 15.5 Å². The van der Waals surface area contributed by atoms with Crippen molar-refractivity contribution in [1.82, 2.24) is 20.9 Å². The molecule has 2 saturated heterocycles. The van der Waals surface area contributed by atoms with Gasteiger partial charge in [0.05, 0.1) is 12.3 Å². The second-order valence-electron chi connectivity index (χ2n) is 6.74. The molecule has 0 spiro atoms. The summed E-state index contributed by atoms with van der Waals surface area (Å²) in [6.45, 7) is 6.00. The van der Waals surface area contributed by atoms with Crippen LogP contribution in [0.5, 0.6) is 0 Å². The second kappa shape index (κ2) is 7.59. The summed E-state index contributed by atoms with van der Waals surface area (Å²) in [5, 5.41) is 8.23. The lowest BCUT2D eigenvalue weighted by atomic mass is 9.79. The number of nitrogens with zero attached hydrogens (tertiary/aromatic N) is 2. The van der Waals surface area contributed by atoms with E-state index in [0.717, 1.165) is 12.8 Å². The van der Waals surface area contributed by atoms with Gasteiger partial charge in [-0.3, -0.25) is 15.1 Å². The summed E-state index contributed by atoms with van der Waals surface area (Å²) in [4.78, 5) is 30.0. The number of carbonyl (C=O) groups is 2. The molecule has 2 fully saturated rings. The molecule has 0 aromatic rings. The number of aliphatic imine (C=N–C) groups is 1. The van der Waals surface area contributed by atoms with Crippen LogP contribution in [-0.4, -0.2) is 74.9 Å². The van der Waals surface area contributed by atoms with Crippen molar-refractivity contribution in [3.8, 4) is 0 Å². The van der Waals surface area contributed by atoms with E-state index in [9.17, 15) is 18.0 Å². The quantitative estimate of drug-likeness (QED) is 0.333. The number of likely N-dealkylation sites (tertiary alicyclic amines) is 1. The monoisotopic (exact) mass is 373 g/mol. The average Bonchev–Trinajstić information content (AvgIpc) is 2.79. The molecule has 142 valence electrons. The summed E-state index contributed by atoms with van der Waals surface area (Å²) in [5.41, 5.74) is -0.866. The molecule has 2 rings (SSSR count). The highest BCUT2D eigenvalue weighted by atomic mass is 32.2. The van der Waals surface area contributed by atoms with Gasteiger partial charge in [0.1, 0.15) is 15.4 Å². The van der Waals surface area contributed by atoms with E-state index in [1.807, 2.05) is 6.92 Å². The van der Waals surface area contributed by atoms with E-state index < -0.39 is 21.4 Å². The van der Waals surface area contributed by atoms with Crippen LogP contribution in [0.25, 0.3) is 0 Å². The Kier molecular flexibility index (Phi) is 5.91. The highest BCUT2D eigenvalue weighted by Crippen LogP contribution is 2.30. The first-order chi connectivity index (χ1) is 11.7. The molecule has 25 heavy (non-hydrogen) atoms. The molecular weight excluding hydrogens is 346 g/mol. The zero-order valence-electron chi connectivity index (χ0n) is 15.0. The molecule has 0 aromatic carbocycles. The number of rotatable bonds is 5. The van der Waals surface area contributed by atoms with Crippen molar-refractivity contribution >= 4 is 27.7 Å². The SMILES string of the molecule is CCNC(=NCCS(C)(=O)=O)N1CCC(C2(C)NC(=O)NC2=O)CC1. The number of piperidine rings is 1. The second-order valence-corrected chi connectivity index (χ2v) is 9.00. The number of urea groups is 1. The molecule has 1 unspecified atom stereocenters. The largest absolute Gasteiger partial charge is 0.357 e. The van der Waals surface area contributed by atoms with Crippen LogP contribution in [-0.2, 0) is 14.6 Å². The Morgan fingerprint density at radius 1 is 1.36 bits per heavy atom. The minimum absolute atomic E-state index is 0.0165. The fourth-order valence-electron chi connectivity index (χ4n) is 3.26. The lowest BCUT2D eigenvalue weighted by Gasteiger charge is -2.39. The molecule has 0 saturated carbocycles. The van der Waals surface area contributed by atoms with Crippen LogP contribution in [0.2, 0.25) is 0 Å². The van der Waals surface area contributed by atoms with E-state index in [1.54, 1.807) is 6.92 Å². The minimum atomic E-state index is -3.04. The van der Waals surface area contributed by atoms with E-state index in [4.69, 9.17) is 0 Å². The van der Waals surface area contributed by atoms with Gasteiger partial charge in [-0.25, -0.2) is 13.2 Å². The van der Waals surface area contributed by atoms with Gasteiger partial charge in [0, 0.05) is 25.9 Å². The minimum Gasteiger partial charge on any atom is -0.357 e. The van der Waals surface area contributed by atoms with Crippen molar-refractivity contribution in [2.45, 2.75) is 32.2 Å². The van der Waals surface area contributed by atoms with Crippen molar-refractivity contribution < 1.29 is 18.0 Å². The van der Waals surface area contributed by atoms with Crippen molar-refractivity contribution in [2.24, 2.45) is 10.9 Å². The number of amides is 3. The zero-order chi connectivity index (χ0) is 18.7. The number of sulfone groups is 1. The first-order valence-electron chi connectivity index (χ1n) is 8.50. The highest BCUT2D eigenvalue weighted by molar-refractivity contribution is 7.90. The molecule has 3 amide bonds. The van der Waals surface area contributed by atoms with Crippen molar-refractivity contribution in [3.05, 3.63) is 0 Å². The summed E-state index contributed by atoms with van der Waals surface area (Å²) in [6, 6.07) is -0.439. The van der Waals surface area contributed by atoms with Gasteiger partial charge in [-0.05, 0) is 32.6 Å². The van der Waals surface area contributed by atoms with Gasteiger partial charge in [-0.15, -0.1) is 0 Å². The standard InChI is InChI=1S/C15H27N5O4S/c1-4-16-13(17-7-10-25(3,23)24)20-8-5-11(6-9-20)15(2)12(21)18-14(22)19-15/h11H,4-10H2,1-3H3,(H,16,17)(H2,18,19,21,22). The predicted molar refractivity (Wildman–Crippen MR) is 95.1 cm³/mol. The smallest absolute Gasteiger partial charge is 0.322 e. The molecule has 0 aromatic heterocycles. The maximum Gasteiger partial charge on any atom is 0.322 e. The van der Waals surface area contributed by atoms with E-state index in [1.165, 1.54) is 6.26 Å². The summed E-state index contributed by atoms with van der Waals surface area (Å²) in [7, 11) is -3.04. The van der Waals surface area contributed by atoms with Gasteiger partial charge >= 0.3 is 6.03 Å². The molecule has 0 bridgehead atoms. The highest BCUT2D eigenvalue weighted by Gasteiger charge is 2.48. The first kappa shape index (κ1) is 19.5. The van der Waals surface area contributed by atoms with Crippen molar-refractivity contribution in [2.75, 3.05) is 38.2 Å². The maximum atomic E-state index is 12.1. The normalized spacial score (nSPS) is 25.7. The molecule has 0 radical (unpaired) electrons. The van der Waals surface area contributed by atoms with E-state index in [-0.39, 0.29) is 24.1 Å². The van der Waals surface area contributed by atoms with Crippen molar-refractivity contribution in [1.29, 1.82) is 0 Å². The molecule has 3 N–H and O–H groups in total. The maximum absolute atomic E-state index is 12.1. The summed E-state index contributed by atoms with van der Waals surface area (Å²) in [5.74, 6) is 0.483. The third-order valence-electron chi connectivity index (χ3n) is 4.74. The Morgan fingerprint density at radius 2 is 2.00 bits per heavy atom. The number of hydrogen-bond donors (Lipinski definition) is 3. The predicted octanol–water partition coefficient (Wildman–Crippen LogP) is -0.693. The summed E-state index contributed by atoms with van der Waals surface area (Å²) >= 11 is 0. The van der Waals surface area contributed by atoms with Crippen LogP contribution < -0.4 is 16.0 Å². The number of carbonyl (C=O) groups excluding carboxylic acids is 2. The molecule has 1 atom stereocenters. The van der Waals surface area contributed by atoms with Gasteiger partial charge in [0.25, 0.3) is 5.91 Å². The molecule has 2 aliphatic rings. The average molecular weight is 373 g/mol. The Balaban J connectivity index is 1.97. The molecule has 2 heterocycles. The summed E-state index contributed by atoms with van der Waals surface area (Å²) < 4.78 is 22.5. The van der Waals surface area contributed by atoms with Crippen LogP contribution in [0.1, 0.15) is 26.7 Å². The number of nitrogens with one attached hydrogen (secondary N) is 3. The first-order valence-corrected chi connectivity index (χ1v) is 10.6. The van der Waals surface area contributed by atoms with Crippen LogP contribution in [0, 0.1) is 5.92 Å². The molecule has 9 nitrogen and oxygen atoms in total. The molecule has 0 aliphatic carbocycles. The fourth-order valence-corrected chi connectivity index (χ4v) is 3.68. The third-order valence-corrected chi connectivity index (χ3v) is 5.67. The lowest BCUT2D eigenvalue weighted by molar-refractivity contribution is -0.125. The Hall–Kier alpha value is -1.84. The van der Waals surface area contributed by atoms with Gasteiger partial charge in [-0.2, -0.15) is 0 Å². The van der Waals surface area contributed by atoms with Crippen LogP contribution >= 0.6 is 0 Å². The third kappa shape index (κ3) is 4.83. The van der Waals surface area contributed by atoms with E-state index in [2.05, 4.69) is 25.8 Å². The van der Waals surface area contributed by atoms with Gasteiger partial charge in [0.2, 0.25) is 0 Å². The number of hydrogen-bond acceptors (Lipinski definition) is 5. The fraction of sp³-hybridized carbons (Fsp3) is 0.800. The zero-order valence-corrected chi connectivity index (χ0v) is 15.8. The Labute approximate surface area is 148 Å². The van der Waals surface area contributed by atoms with Crippen molar-refractivity contribution in [3.63, 3.8) is 0 Å². The Morgan fingerprint density at radius 3 is 2.48 bits per heavy atom. The van der Waals surface area contributed by atoms with Gasteiger partial charge in [0.15, 0.2) is 5.96 Å². The summed E-state index contributed by atoms with van der Waals surface area (Å²) in [6.07, 6.45) is 2.67. The van der Waals surface area contributed by atoms with Crippen LogP contribution in [0.4, 0.5) is 4.79 Å². The number of imide groups is 1. The van der Waals surface area contributed by atoms with Crippen LogP contribution in [0.3, 0.4) is 0 Å². The van der Waals surface area contributed by atoms with E-state index in [0.29, 0.717) is 25.6 Å². The molecular formula is C15H27N5O4S. The lowest BCUT2D eigenvalue weighted by Crippen LogP contribution is -2.55. The molecule has 10 heteroatoms. The van der Waals surface area contributed by atoms with Crippen LogP contribution in [0.15, 0.2) is 4.99 Å².